The zero-order valence-corrected chi connectivity index (χ0v) is 9.44. The summed E-state index contributed by atoms with van der Waals surface area (Å²) in [5.74, 6) is -0.240. The second-order valence-corrected chi connectivity index (χ2v) is 4.51. The van der Waals surface area contributed by atoms with Crippen LogP contribution in [0.3, 0.4) is 0 Å². The molecule has 2 N–H and O–H groups in total. The average Bonchev–Trinajstić information content (AvgIpc) is 2.65. The van der Waals surface area contributed by atoms with Gasteiger partial charge in [0.25, 0.3) is 0 Å². The van der Waals surface area contributed by atoms with Gasteiger partial charge in [-0.25, -0.2) is 4.79 Å². The van der Waals surface area contributed by atoms with E-state index in [4.69, 9.17) is 5.11 Å². The molecule has 2 unspecified atom stereocenters. The summed E-state index contributed by atoms with van der Waals surface area (Å²) in [6, 6.07) is 7.53. The topological polar surface area (TPSA) is 49.3 Å². The molecule has 2 atom stereocenters. The van der Waals surface area contributed by atoms with E-state index in [9.17, 15) is 4.79 Å². The van der Waals surface area contributed by atoms with Crippen LogP contribution in [-0.4, -0.2) is 17.1 Å². The number of carbonyl (C=O) groups is 1. The number of benzene rings is 1. The Morgan fingerprint density at radius 2 is 2.12 bits per heavy atom. The Kier molecular flexibility index (Phi) is 3.13. The SMILES string of the molecule is CC1CCCC1Nc1ccccc1C(=O)O. The van der Waals surface area contributed by atoms with Crippen LogP contribution in [0.15, 0.2) is 24.3 Å². The van der Waals surface area contributed by atoms with Gasteiger partial charge in [-0.15, -0.1) is 0 Å². The lowest BCUT2D eigenvalue weighted by atomic mass is 10.1. The smallest absolute Gasteiger partial charge is 0.337 e. The summed E-state index contributed by atoms with van der Waals surface area (Å²) in [6.07, 6.45) is 3.59. The van der Waals surface area contributed by atoms with E-state index in [1.54, 1.807) is 12.1 Å². The zero-order chi connectivity index (χ0) is 11.5. The Morgan fingerprint density at radius 3 is 2.75 bits per heavy atom. The summed E-state index contributed by atoms with van der Waals surface area (Å²) in [5, 5.41) is 12.4. The molecule has 1 saturated carbocycles. The van der Waals surface area contributed by atoms with E-state index in [0.29, 0.717) is 17.5 Å². The fourth-order valence-corrected chi connectivity index (χ4v) is 2.36. The summed E-state index contributed by atoms with van der Waals surface area (Å²) >= 11 is 0. The molecular formula is C13H17NO2. The first-order chi connectivity index (χ1) is 7.68. The zero-order valence-electron chi connectivity index (χ0n) is 9.44. The fraction of sp³-hybridized carbons (Fsp3) is 0.462. The van der Waals surface area contributed by atoms with Crippen LogP contribution in [0.5, 0.6) is 0 Å². The van der Waals surface area contributed by atoms with E-state index in [0.717, 1.165) is 12.1 Å². The van der Waals surface area contributed by atoms with Crippen molar-refractivity contribution in [2.75, 3.05) is 5.32 Å². The first-order valence-electron chi connectivity index (χ1n) is 5.77. The van der Waals surface area contributed by atoms with Crippen molar-refractivity contribution in [2.24, 2.45) is 5.92 Å². The Labute approximate surface area is 95.5 Å². The van der Waals surface area contributed by atoms with Gasteiger partial charge in [-0.3, -0.25) is 0 Å². The van der Waals surface area contributed by atoms with Crippen molar-refractivity contribution in [1.29, 1.82) is 0 Å². The second-order valence-electron chi connectivity index (χ2n) is 4.51. The van der Waals surface area contributed by atoms with Crippen molar-refractivity contribution in [3.63, 3.8) is 0 Å². The number of carboxylic acid groups (broad SMARTS) is 1. The van der Waals surface area contributed by atoms with Crippen molar-refractivity contribution < 1.29 is 9.90 Å². The minimum absolute atomic E-state index is 0.363. The van der Waals surface area contributed by atoms with Gasteiger partial charge in [0.05, 0.1) is 5.56 Å². The molecule has 0 aromatic heterocycles. The first kappa shape index (κ1) is 11.0. The van der Waals surface area contributed by atoms with Gasteiger partial charge in [0.15, 0.2) is 0 Å². The third-order valence-corrected chi connectivity index (χ3v) is 3.36. The van der Waals surface area contributed by atoms with Gasteiger partial charge in [-0.2, -0.15) is 0 Å². The lowest BCUT2D eigenvalue weighted by Gasteiger charge is -2.19. The third kappa shape index (κ3) is 2.18. The number of rotatable bonds is 3. The summed E-state index contributed by atoms with van der Waals surface area (Å²) in [7, 11) is 0. The van der Waals surface area contributed by atoms with Crippen molar-refractivity contribution in [2.45, 2.75) is 32.2 Å². The van der Waals surface area contributed by atoms with Crippen LogP contribution in [0.4, 0.5) is 5.69 Å². The number of carboxylic acids is 1. The van der Waals surface area contributed by atoms with E-state index < -0.39 is 5.97 Å². The molecule has 1 aromatic carbocycles. The molecule has 0 heterocycles. The second kappa shape index (κ2) is 4.56. The van der Waals surface area contributed by atoms with E-state index in [1.165, 1.54) is 12.8 Å². The quantitative estimate of drug-likeness (QED) is 0.821. The molecule has 0 radical (unpaired) electrons. The Morgan fingerprint density at radius 1 is 1.38 bits per heavy atom. The van der Waals surface area contributed by atoms with E-state index in [-0.39, 0.29) is 0 Å². The summed E-state index contributed by atoms with van der Waals surface area (Å²) in [5.41, 5.74) is 1.11. The molecule has 0 bridgehead atoms. The van der Waals surface area contributed by atoms with E-state index in [1.807, 2.05) is 12.1 Å². The molecule has 1 aliphatic rings. The number of anilines is 1. The average molecular weight is 219 g/mol. The van der Waals surface area contributed by atoms with Gasteiger partial charge in [-0.1, -0.05) is 25.5 Å². The van der Waals surface area contributed by atoms with Crippen molar-refractivity contribution >= 4 is 11.7 Å². The van der Waals surface area contributed by atoms with E-state index in [2.05, 4.69) is 12.2 Å². The van der Waals surface area contributed by atoms with Gasteiger partial charge in [0.2, 0.25) is 0 Å². The molecule has 2 rings (SSSR count). The summed E-state index contributed by atoms with van der Waals surface area (Å²) in [4.78, 5) is 11.0. The first-order valence-corrected chi connectivity index (χ1v) is 5.77. The molecule has 1 aliphatic carbocycles. The van der Waals surface area contributed by atoms with Crippen LogP contribution in [0, 0.1) is 5.92 Å². The molecule has 0 amide bonds. The number of hydrogen-bond acceptors (Lipinski definition) is 2. The Balaban J connectivity index is 2.17. The highest BCUT2D eigenvalue weighted by molar-refractivity contribution is 5.94. The maximum Gasteiger partial charge on any atom is 0.337 e. The van der Waals surface area contributed by atoms with E-state index >= 15 is 0 Å². The molecule has 0 spiro atoms. The van der Waals surface area contributed by atoms with Crippen molar-refractivity contribution in [3.8, 4) is 0 Å². The molecule has 16 heavy (non-hydrogen) atoms. The molecule has 0 aliphatic heterocycles. The Hall–Kier alpha value is -1.51. The van der Waals surface area contributed by atoms with Crippen molar-refractivity contribution in [3.05, 3.63) is 29.8 Å². The summed E-state index contributed by atoms with van der Waals surface area (Å²) in [6.45, 7) is 2.22. The van der Waals surface area contributed by atoms with Gasteiger partial charge in [0.1, 0.15) is 0 Å². The monoisotopic (exact) mass is 219 g/mol. The van der Waals surface area contributed by atoms with Crippen LogP contribution in [0.25, 0.3) is 0 Å². The number of nitrogens with one attached hydrogen (secondary N) is 1. The maximum atomic E-state index is 11.0. The van der Waals surface area contributed by atoms with Gasteiger partial charge in [0, 0.05) is 11.7 Å². The molecule has 3 heteroatoms. The minimum Gasteiger partial charge on any atom is -0.478 e. The van der Waals surface area contributed by atoms with Crippen LogP contribution < -0.4 is 5.32 Å². The molecule has 1 fully saturated rings. The fourth-order valence-electron chi connectivity index (χ4n) is 2.36. The predicted molar refractivity (Wildman–Crippen MR) is 63.8 cm³/mol. The molecule has 0 saturated heterocycles. The predicted octanol–water partition coefficient (Wildman–Crippen LogP) is 2.99. The number of hydrogen-bond donors (Lipinski definition) is 2. The third-order valence-electron chi connectivity index (χ3n) is 3.36. The van der Waals surface area contributed by atoms with Gasteiger partial charge < -0.3 is 10.4 Å². The van der Waals surface area contributed by atoms with Crippen molar-refractivity contribution in [1.82, 2.24) is 0 Å². The normalized spacial score (nSPS) is 24.3. The largest absolute Gasteiger partial charge is 0.478 e. The van der Waals surface area contributed by atoms with Crippen LogP contribution in [0.2, 0.25) is 0 Å². The maximum absolute atomic E-state index is 11.0. The lowest BCUT2D eigenvalue weighted by Crippen LogP contribution is -2.23. The highest BCUT2D eigenvalue weighted by Crippen LogP contribution is 2.29. The number of aromatic carboxylic acids is 1. The standard InChI is InChI=1S/C13H17NO2/c1-9-5-4-8-11(9)14-12-7-3-2-6-10(12)13(15)16/h2-3,6-7,9,11,14H,4-5,8H2,1H3,(H,15,16). The molecule has 86 valence electrons. The van der Waals surface area contributed by atoms with Crippen LogP contribution >= 0.6 is 0 Å². The Bertz CT molecular complexity index is 389. The highest BCUT2D eigenvalue weighted by atomic mass is 16.4. The number of para-hydroxylation sites is 1. The van der Waals surface area contributed by atoms with Crippen LogP contribution in [0.1, 0.15) is 36.5 Å². The molecule has 1 aromatic rings. The minimum atomic E-state index is -0.867. The van der Waals surface area contributed by atoms with Gasteiger partial charge in [-0.05, 0) is 30.9 Å². The summed E-state index contributed by atoms with van der Waals surface area (Å²) < 4.78 is 0. The van der Waals surface area contributed by atoms with Gasteiger partial charge >= 0.3 is 5.97 Å². The van der Waals surface area contributed by atoms with Crippen LogP contribution in [-0.2, 0) is 0 Å². The molecular weight excluding hydrogens is 202 g/mol. The molecule has 3 nitrogen and oxygen atoms in total. The lowest BCUT2D eigenvalue weighted by molar-refractivity contribution is 0.0698. The highest BCUT2D eigenvalue weighted by Gasteiger charge is 2.24.